The molecule has 2 heterocycles. The molecule has 0 saturated heterocycles. The zero-order chi connectivity index (χ0) is 16.2. The molecule has 0 aliphatic rings. The van der Waals surface area contributed by atoms with Crippen LogP contribution in [0.2, 0.25) is 0 Å². The number of aromatic nitrogens is 2. The molecule has 4 nitrogen and oxygen atoms in total. The van der Waals surface area contributed by atoms with Gasteiger partial charge in [0.2, 0.25) is 0 Å². The largest absolute Gasteiger partial charge is 0.497 e. The molecular formula is C17H16N2O2S2. The maximum Gasteiger partial charge on any atom is 0.161 e. The molecule has 0 N–H and O–H groups in total. The van der Waals surface area contributed by atoms with E-state index in [4.69, 9.17) is 21.7 Å². The third-order valence-corrected chi connectivity index (χ3v) is 4.80. The van der Waals surface area contributed by atoms with E-state index in [1.54, 1.807) is 20.4 Å². The zero-order valence-corrected chi connectivity index (χ0v) is 14.5. The van der Waals surface area contributed by atoms with Crippen molar-refractivity contribution in [2.24, 2.45) is 0 Å². The van der Waals surface area contributed by atoms with Crippen molar-refractivity contribution in [1.82, 2.24) is 9.55 Å². The maximum absolute atomic E-state index is 5.50. The summed E-state index contributed by atoms with van der Waals surface area (Å²) in [5.41, 5.74) is 3.08. The summed E-state index contributed by atoms with van der Waals surface area (Å²) < 4.78 is 13.8. The predicted octanol–water partition coefficient (Wildman–Crippen LogP) is 4.41. The average molecular weight is 344 g/mol. The van der Waals surface area contributed by atoms with E-state index in [9.17, 15) is 0 Å². The lowest BCUT2D eigenvalue weighted by molar-refractivity contribution is 0.404. The van der Waals surface area contributed by atoms with Crippen molar-refractivity contribution in [3.63, 3.8) is 0 Å². The van der Waals surface area contributed by atoms with Gasteiger partial charge in [-0.2, -0.15) is 0 Å². The van der Waals surface area contributed by atoms with Crippen LogP contribution >= 0.6 is 23.6 Å². The van der Waals surface area contributed by atoms with E-state index < -0.39 is 0 Å². The van der Waals surface area contributed by atoms with E-state index in [0.29, 0.717) is 6.54 Å². The third kappa shape index (κ3) is 3.28. The Bertz CT molecular complexity index is 857. The summed E-state index contributed by atoms with van der Waals surface area (Å²) in [7, 11) is 3.32. The fourth-order valence-corrected chi connectivity index (χ4v) is 3.44. The second-order valence-electron chi connectivity index (χ2n) is 4.90. The van der Waals surface area contributed by atoms with Crippen LogP contribution in [0, 0.1) is 3.95 Å². The molecule has 3 rings (SSSR count). The van der Waals surface area contributed by atoms with E-state index in [0.717, 1.165) is 32.3 Å². The predicted molar refractivity (Wildman–Crippen MR) is 95.0 cm³/mol. The molecule has 0 unspecified atom stereocenters. The Morgan fingerprint density at radius 2 is 2.09 bits per heavy atom. The Labute approximate surface area is 144 Å². The number of methoxy groups -OCH3 is 2. The Kier molecular flexibility index (Phi) is 4.73. The topological polar surface area (TPSA) is 36.3 Å². The molecule has 0 atom stereocenters. The highest BCUT2D eigenvalue weighted by molar-refractivity contribution is 7.73. The van der Waals surface area contributed by atoms with Crippen LogP contribution in [0.4, 0.5) is 0 Å². The minimum atomic E-state index is 0.672. The lowest BCUT2D eigenvalue weighted by Crippen LogP contribution is -2.03. The van der Waals surface area contributed by atoms with E-state index in [1.807, 2.05) is 36.5 Å². The van der Waals surface area contributed by atoms with Gasteiger partial charge in [0.15, 0.2) is 3.95 Å². The van der Waals surface area contributed by atoms with Gasteiger partial charge in [-0.3, -0.25) is 4.98 Å². The summed E-state index contributed by atoms with van der Waals surface area (Å²) >= 11 is 7.04. The molecule has 23 heavy (non-hydrogen) atoms. The van der Waals surface area contributed by atoms with Crippen LogP contribution in [0.5, 0.6) is 11.5 Å². The molecule has 0 bridgehead atoms. The smallest absolute Gasteiger partial charge is 0.161 e. The summed E-state index contributed by atoms with van der Waals surface area (Å²) in [4.78, 5) is 4.17. The summed E-state index contributed by atoms with van der Waals surface area (Å²) in [6.45, 7) is 0.672. The lowest BCUT2D eigenvalue weighted by atomic mass is 10.1. The maximum atomic E-state index is 5.50. The lowest BCUT2D eigenvalue weighted by Gasteiger charge is -2.13. The van der Waals surface area contributed by atoms with Crippen LogP contribution < -0.4 is 9.47 Å². The summed E-state index contributed by atoms with van der Waals surface area (Å²) in [5, 5.41) is 2.05. The number of pyridine rings is 1. The number of benzene rings is 1. The van der Waals surface area contributed by atoms with Gasteiger partial charge in [-0.15, -0.1) is 11.3 Å². The van der Waals surface area contributed by atoms with Crippen LogP contribution in [0.15, 0.2) is 48.1 Å². The van der Waals surface area contributed by atoms with Gasteiger partial charge in [0.1, 0.15) is 11.5 Å². The van der Waals surface area contributed by atoms with Crippen LogP contribution in [0.1, 0.15) is 5.56 Å². The zero-order valence-electron chi connectivity index (χ0n) is 12.9. The van der Waals surface area contributed by atoms with Gasteiger partial charge in [0.25, 0.3) is 0 Å². The van der Waals surface area contributed by atoms with E-state index >= 15 is 0 Å². The van der Waals surface area contributed by atoms with E-state index in [2.05, 4.69) is 14.9 Å². The number of rotatable bonds is 5. The molecule has 3 aromatic rings. The van der Waals surface area contributed by atoms with Crippen LogP contribution in [-0.2, 0) is 6.54 Å². The first-order chi connectivity index (χ1) is 11.2. The van der Waals surface area contributed by atoms with Gasteiger partial charge in [-0.05, 0) is 42.0 Å². The highest BCUT2D eigenvalue weighted by Gasteiger charge is 2.14. The molecule has 0 aliphatic heterocycles. The Morgan fingerprint density at radius 1 is 1.22 bits per heavy atom. The van der Waals surface area contributed by atoms with Gasteiger partial charge < -0.3 is 14.0 Å². The average Bonchev–Trinajstić information content (AvgIpc) is 2.96. The fraction of sp³-hybridized carbons (Fsp3) is 0.176. The highest BCUT2D eigenvalue weighted by atomic mass is 32.1. The fourth-order valence-electron chi connectivity index (χ4n) is 2.38. The number of hydrogen-bond acceptors (Lipinski definition) is 5. The van der Waals surface area contributed by atoms with Gasteiger partial charge in [-0.1, -0.05) is 6.07 Å². The van der Waals surface area contributed by atoms with Crippen LogP contribution in [0.25, 0.3) is 11.3 Å². The van der Waals surface area contributed by atoms with E-state index in [-0.39, 0.29) is 0 Å². The standard InChI is InChI=1S/C17H16N2O2S2/c1-20-13-5-6-16(21-2)14(8-13)15-11-23-17(22)19(15)10-12-4-3-7-18-9-12/h3-9,11H,10H2,1-2H3. The monoisotopic (exact) mass is 344 g/mol. The Hall–Kier alpha value is -2.18. The van der Waals surface area contributed by atoms with Crippen molar-refractivity contribution in [1.29, 1.82) is 0 Å². The van der Waals surface area contributed by atoms with Crippen LogP contribution in [0.3, 0.4) is 0 Å². The summed E-state index contributed by atoms with van der Waals surface area (Å²) in [6.07, 6.45) is 3.62. The second-order valence-corrected chi connectivity index (χ2v) is 6.40. The first-order valence-corrected chi connectivity index (χ1v) is 8.31. The molecule has 0 fully saturated rings. The molecule has 0 aliphatic carbocycles. The molecule has 0 amide bonds. The van der Waals surface area contributed by atoms with Gasteiger partial charge in [0.05, 0.1) is 26.5 Å². The molecule has 118 valence electrons. The highest BCUT2D eigenvalue weighted by Crippen LogP contribution is 2.35. The number of thiazole rings is 1. The van der Waals surface area contributed by atoms with Crippen molar-refractivity contribution >= 4 is 23.6 Å². The number of nitrogens with zero attached hydrogens (tertiary/aromatic N) is 2. The van der Waals surface area contributed by atoms with Crippen molar-refractivity contribution in [3.05, 3.63) is 57.6 Å². The summed E-state index contributed by atoms with van der Waals surface area (Å²) in [6, 6.07) is 9.73. The minimum Gasteiger partial charge on any atom is -0.497 e. The summed E-state index contributed by atoms with van der Waals surface area (Å²) in [5.74, 6) is 1.57. The Morgan fingerprint density at radius 3 is 2.78 bits per heavy atom. The first kappa shape index (κ1) is 15.7. The van der Waals surface area contributed by atoms with Crippen molar-refractivity contribution in [2.45, 2.75) is 6.54 Å². The van der Waals surface area contributed by atoms with Gasteiger partial charge >= 0.3 is 0 Å². The van der Waals surface area contributed by atoms with E-state index in [1.165, 1.54) is 11.3 Å². The minimum absolute atomic E-state index is 0.672. The molecule has 0 spiro atoms. The SMILES string of the molecule is COc1ccc(OC)c(-c2csc(=S)n2Cc2cccnc2)c1. The van der Waals surface area contributed by atoms with Gasteiger partial charge in [0, 0.05) is 23.3 Å². The Balaban J connectivity index is 2.10. The molecule has 1 aromatic carbocycles. The van der Waals surface area contributed by atoms with Crippen molar-refractivity contribution < 1.29 is 9.47 Å². The molecule has 0 saturated carbocycles. The molecule has 6 heteroatoms. The van der Waals surface area contributed by atoms with Gasteiger partial charge in [-0.25, -0.2) is 0 Å². The quantitative estimate of drug-likeness (QED) is 0.643. The van der Waals surface area contributed by atoms with Crippen LogP contribution in [-0.4, -0.2) is 23.8 Å². The number of hydrogen-bond donors (Lipinski definition) is 0. The van der Waals surface area contributed by atoms with Crippen molar-refractivity contribution in [2.75, 3.05) is 14.2 Å². The molecular weight excluding hydrogens is 328 g/mol. The molecule has 0 radical (unpaired) electrons. The molecule has 2 aromatic heterocycles. The second kappa shape index (κ2) is 6.93. The number of ether oxygens (including phenoxy) is 2. The first-order valence-electron chi connectivity index (χ1n) is 7.02. The normalized spacial score (nSPS) is 10.5. The van der Waals surface area contributed by atoms with Crippen molar-refractivity contribution in [3.8, 4) is 22.8 Å². The third-order valence-electron chi connectivity index (χ3n) is 3.53.